The second-order valence-corrected chi connectivity index (χ2v) is 7.08. The number of piperazine rings is 1. The van der Waals surface area contributed by atoms with Crippen LogP contribution in [0.4, 0.5) is 11.4 Å². The number of hydrogen-bond acceptors (Lipinski definition) is 5. The van der Waals surface area contributed by atoms with E-state index in [2.05, 4.69) is 4.90 Å². The molecule has 1 saturated heterocycles. The molecule has 1 amide bonds. The van der Waals surface area contributed by atoms with Gasteiger partial charge in [-0.15, -0.1) is 0 Å². The Balaban J connectivity index is 1.68. The number of aryl methyl sites for hydroxylation is 2. The van der Waals surface area contributed by atoms with Crippen molar-refractivity contribution in [3.63, 3.8) is 0 Å². The van der Waals surface area contributed by atoms with Crippen LogP contribution in [0.2, 0.25) is 0 Å². The number of rotatable bonds is 4. The maximum Gasteiger partial charge on any atom is 0.269 e. The second-order valence-electron chi connectivity index (χ2n) is 7.08. The Bertz CT molecular complexity index is 998. The normalized spacial score (nSPS) is 14.4. The smallest absolute Gasteiger partial charge is 0.269 e. The van der Waals surface area contributed by atoms with Gasteiger partial charge < -0.3 is 9.80 Å². The minimum atomic E-state index is -0.425. The van der Waals surface area contributed by atoms with E-state index in [4.69, 9.17) is 0 Å². The Kier molecular flexibility index (Phi) is 5.93. The van der Waals surface area contributed by atoms with Crippen molar-refractivity contribution in [2.75, 3.05) is 31.1 Å². The molecule has 0 bridgehead atoms. The Morgan fingerprint density at radius 3 is 2.34 bits per heavy atom. The lowest BCUT2D eigenvalue weighted by molar-refractivity contribution is -0.384. The van der Waals surface area contributed by atoms with Crippen molar-refractivity contribution < 1.29 is 9.72 Å². The number of nitro groups is 1. The maximum atomic E-state index is 12.8. The highest BCUT2D eigenvalue weighted by Gasteiger charge is 2.24. The van der Waals surface area contributed by atoms with Gasteiger partial charge in [0.25, 0.3) is 11.6 Å². The minimum absolute atomic E-state index is 0.0535. The van der Waals surface area contributed by atoms with E-state index in [-0.39, 0.29) is 17.2 Å². The Morgan fingerprint density at radius 1 is 1.10 bits per heavy atom. The zero-order chi connectivity index (χ0) is 21.0. The average molecular weight is 390 g/mol. The largest absolute Gasteiger partial charge is 0.368 e. The Labute approximate surface area is 169 Å². The third kappa shape index (κ3) is 4.61. The fourth-order valence-corrected chi connectivity index (χ4v) is 3.34. The van der Waals surface area contributed by atoms with E-state index >= 15 is 0 Å². The Hall–Kier alpha value is -3.66. The lowest BCUT2D eigenvalue weighted by atomic mass is 10.0. The molecule has 0 atom stereocenters. The lowest BCUT2D eigenvalue weighted by Gasteiger charge is -2.36. The molecule has 0 saturated carbocycles. The summed E-state index contributed by atoms with van der Waals surface area (Å²) in [7, 11) is 0. The van der Waals surface area contributed by atoms with Gasteiger partial charge in [0.1, 0.15) is 11.6 Å². The molecule has 7 nitrogen and oxygen atoms in total. The first-order valence-electron chi connectivity index (χ1n) is 9.37. The molecule has 0 aromatic heterocycles. The van der Waals surface area contributed by atoms with Gasteiger partial charge in [-0.05, 0) is 43.2 Å². The van der Waals surface area contributed by atoms with Gasteiger partial charge in [0.05, 0.1) is 4.92 Å². The predicted molar refractivity (Wildman–Crippen MR) is 111 cm³/mol. The van der Waals surface area contributed by atoms with E-state index in [1.54, 1.807) is 23.1 Å². The van der Waals surface area contributed by atoms with Crippen molar-refractivity contribution in [3.8, 4) is 6.07 Å². The molecule has 1 fully saturated rings. The van der Waals surface area contributed by atoms with E-state index in [1.165, 1.54) is 12.1 Å². The van der Waals surface area contributed by atoms with Crippen molar-refractivity contribution >= 4 is 23.4 Å². The summed E-state index contributed by atoms with van der Waals surface area (Å²) >= 11 is 0. The highest BCUT2D eigenvalue weighted by atomic mass is 16.6. The molecule has 2 aromatic carbocycles. The zero-order valence-corrected chi connectivity index (χ0v) is 16.5. The van der Waals surface area contributed by atoms with Crippen molar-refractivity contribution in [2.24, 2.45) is 0 Å². The van der Waals surface area contributed by atoms with Crippen molar-refractivity contribution in [3.05, 3.63) is 74.8 Å². The van der Waals surface area contributed by atoms with Crippen molar-refractivity contribution in [1.82, 2.24) is 4.90 Å². The Morgan fingerprint density at radius 2 is 1.76 bits per heavy atom. The molecule has 1 aliphatic heterocycles. The van der Waals surface area contributed by atoms with Crippen LogP contribution in [0.25, 0.3) is 6.08 Å². The SMILES string of the molecule is Cc1ccc(C)c(/C=C(\C#N)C(=O)N2CCN(c3ccc([N+](=O)[O-])cc3)CC2)c1. The monoisotopic (exact) mass is 390 g/mol. The molecular weight excluding hydrogens is 368 g/mol. The molecule has 0 unspecified atom stereocenters. The fraction of sp³-hybridized carbons (Fsp3) is 0.273. The number of carbonyl (C=O) groups is 1. The van der Waals surface area contributed by atoms with Crippen molar-refractivity contribution in [2.45, 2.75) is 13.8 Å². The van der Waals surface area contributed by atoms with Crippen LogP contribution in [0, 0.1) is 35.3 Å². The molecule has 29 heavy (non-hydrogen) atoms. The summed E-state index contributed by atoms with van der Waals surface area (Å²) in [4.78, 5) is 27.0. The first-order chi connectivity index (χ1) is 13.9. The number of nitro benzene ring substituents is 1. The fourth-order valence-electron chi connectivity index (χ4n) is 3.34. The molecule has 0 radical (unpaired) electrons. The van der Waals surface area contributed by atoms with E-state index in [0.29, 0.717) is 26.2 Å². The van der Waals surface area contributed by atoms with Crippen LogP contribution in [0.3, 0.4) is 0 Å². The summed E-state index contributed by atoms with van der Waals surface area (Å²) in [6.45, 7) is 6.11. The van der Waals surface area contributed by atoms with Crippen molar-refractivity contribution in [1.29, 1.82) is 5.26 Å². The van der Waals surface area contributed by atoms with Crippen LogP contribution >= 0.6 is 0 Å². The van der Waals surface area contributed by atoms with Gasteiger partial charge in [0.15, 0.2) is 0 Å². The molecule has 2 aromatic rings. The first kappa shape index (κ1) is 20.1. The third-order valence-corrected chi connectivity index (χ3v) is 5.08. The molecule has 3 rings (SSSR count). The summed E-state index contributed by atoms with van der Waals surface area (Å²) in [5, 5.41) is 20.3. The van der Waals surface area contributed by atoms with Gasteiger partial charge in [0.2, 0.25) is 0 Å². The summed E-state index contributed by atoms with van der Waals surface area (Å²) in [5.41, 5.74) is 4.02. The van der Waals surface area contributed by atoms with Gasteiger partial charge in [0, 0.05) is 44.0 Å². The second kappa shape index (κ2) is 8.57. The highest BCUT2D eigenvalue weighted by Crippen LogP contribution is 2.22. The van der Waals surface area contributed by atoms with Gasteiger partial charge >= 0.3 is 0 Å². The van der Waals surface area contributed by atoms with Gasteiger partial charge in [-0.3, -0.25) is 14.9 Å². The van der Waals surface area contributed by atoms with E-state index in [1.807, 2.05) is 38.1 Å². The lowest BCUT2D eigenvalue weighted by Crippen LogP contribution is -2.49. The molecule has 0 spiro atoms. The molecule has 1 aliphatic rings. The average Bonchev–Trinajstić information content (AvgIpc) is 2.74. The third-order valence-electron chi connectivity index (χ3n) is 5.08. The number of nitriles is 1. The number of non-ortho nitro benzene ring substituents is 1. The topological polar surface area (TPSA) is 90.5 Å². The quantitative estimate of drug-likeness (QED) is 0.345. The van der Waals surface area contributed by atoms with Crippen LogP contribution < -0.4 is 4.90 Å². The van der Waals surface area contributed by atoms with E-state index in [0.717, 1.165) is 22.4 Å². The van der Waals surface area contributed by atoms with Crippen LogP contribution in [0.15, 0.2) is 48.0 Å². The van der Waals surface area contributed by atoms with Crippen LogP contribution in [0.5, 0.6) is 0 Å². The molecule has 7 heteroatoms. The van der Waals surface area contributed by atoms with Gasteiger partial charge in [-0.2, -0.15) is 5.26 Å². The minimum Gasteiger partial charge on any atom is -0.368 e. The maximum absolute atomic E-state index is 12.8. The highest BCUT2D eigenvalue weighted by molar-refractivity contribution is 6.02. The summed E-state index contributed by atoms with van der Waals surface area (Å²) in [5.74, 6) is -0.267. The number of anilines is 1. The van der Waals surface area contributed by atoms with E-state index < -0.39 is 4.92 Å². The standard InChI is InChI=1S/C22H22N4O3/c1-16-3-4-17(2)18(13-16)14-19(15-23)22(27)25-11-9-24(10-12-25)20-5-7-21(8-6-20)26(28)29/h3-8,13-14H,9-12H2,1-2H3/b19-14+. The molecule has 0 aliphatic carbocycles. The number of carbonyl (C=O) groups excluding carboxylic acids is 1. The van der Waals surface area contributed by atoms with Crippen LogP contribution in [-0.4, -0.2) is 41.9 Å². The van der Waals surface area contributed by atoms with E-state index in [9.17, 15) is 20.2 Å². The molecule has 0 N–H and O–H groups in total. The van der Waals surface area contributed by atoms with Gasteiger partial charge in [-0.1, -0.05) is 23.8 Å². The van der Waals surface area contributed by atoms with Gasteiger partial charge in [-0.25, -0.2) is 0 Å². The molecule has 148 valence electrons. The number of benzene rings is 2. The van der Waals surface area contributed by atoms with Crippen LogP contribution in [-0.2, 0) is 4.79 Å². The number of hydrogen-bond donors (Lipinski definition) is 0. The number of amides is 1. The summed E-state index contributed by atoms with van der Waals surface area (Å²) < 4.78 is 0. The summed E-state index contributed by atoms with van der Waals surface area (Å²) in [6, 6.07) is 14.4. The number of nitrogens with zero attached hydrogens (tertiary/aromatic N) is 4. The van der Waals surface area contributed by atoms with Crippen LogP contribution in [0.1, 0.15) is 16.7 Å². The molecular formula is C22H22N4O3. The zero-order valence-electron chi connectivity index (χ0n) is 16.5. The summed E-state index contributed by atoms with van der Waals surface area (Å²) in [6.07, 6.45) is 1.66. The molecule has 1 heterocycles. The predicted octanol–water partition coefficient (Wildman–Crippen LogP) is 3.47. The first-order valence-corrected chi connectivity index (χ1v) is 9.37.